The van der Waals surface area contributed by atoms with Crippen LogP contribution in [0.1, 0.15) is 77.0 Å². The summed E-state index contributed by atoms with van der Waals surface area (Å²) in [7, 11) is 0. The van der Waals surface area contributed by atoms with Gasteiger partial charge in [-0.3, -0.25) is 0 Å². The van der Waals surface area contributed by atoms with Gasteiger partial charge in [0.1, 0.15) is 0 Å². The number of anilines is 1. The molecule has 0 fully saturated rings. The van der Waals surface area contributed by atoms with Crippen LogP contribution in [0.15, 0.2) is 78.5 Å². The van der Waals surface area contributed by atoms with Gasteiger partial charge in [0.25, 0.3) is 0 Å². The molecule has 0 atom stereocenters. The van der Waals surface area contributed by atoms with Crippen LogP contribution in [0.5, 0.6) is 0 Å². The molecule has 0 amide bonds. The van der Waals surface area contributed by atoms with Crippen LogP contribution in [0, 0.1) is 5.41 Å². The molecular weight excluding hydrogens is 385 g/mol. The number of nitrogens with zero attached hydrogens (tertiary/aromatic N) is 1. The zero-order valence-corrected chi connectivity index (χ0v) is 20.7. The van der Waals surface area contributed by atoms with Crippen LogP contribution in [-0.2, 0) is 0 Å². The lowest BCUT2D eigenvalue weighted by atomic mass is 9.45. The predicted octanol–water partition coefficient (Wildman–Crippen LogP) is 6.95. The molecule has 4 rings (SSSR count). The molecule has 0 N–H and O–H groups in total. The summed E-state index contributed by atoms with van der Waals surface area (Å²) in [5.41, 5.74) is 9.65. The molecule has 164 valence electrons. The third-order valence-corrected chi connectivity index (χ3v) is 6.57. The summed E-state index contributed by atoms with van der Waals surface area (Å²) in [5.74, 6) is 0.886. The van der Waals surface area contributed by atoms with E-state index in [2.05, 4.69) is 132 Å². The van der Waals surface area contributed by atoms with E-state index in [4.69, 9.17) is 0 Å². The molecule has 0 aromatic heterocycles. The van der Waals surface area contributed by atoms with E-state index in [1.165, 1.54) is 39.0 Å². The second-order valence-electron chi connectivity index (χ2n) is 10.7. The van der Waals surface area contributed by atoms with Crippen LogP contribution in [0.2, 0.25) is 0 Å². The minimum absolute atomic E-state index is 0.00109. The van der Waals surface area contributed by atoms with Crippen LogP contribution in [-0.4, -0.2) is 6.85 Å². The Kier molecular flexibility index (Phi) is 6.08. The fraction of sp³-hybridized carbons (Fsp3) is 0.333. The van der Waals surface area contributed by atoms with E-state index >= 15 is 0 Å². The van der Waals surface area contributed by atoms with Crippen molar-refractivity contribution in [2.45, 2.75) is 60.3 Å². The van der Waals surface area contributed by atoms with Gasteiger partial charge in [0.15, 0.2) is 0 Å². The molecule has 0 spiro atoms. The first-order chi connectivity index (χ1) is 15.2. The number of fused-ring (bicyclic) bond motifs is 1. The van der Waals surface area contributed by atoms with Crippen molar-refractivity contribution < 1.29 is 0 Å². The smallest absolute Gasteiger partial charge is 0.328 e. The number of allylic oxidation sites excluding steroid dienone is 1. The predicted molar refractivity (Wildman–Crippen MR) is 142 cm³/mol. The summed E-state index contributed by atoms with van der Waals surface area (Å²) in [6.45, 7) is 16.4. The highest BCUT2D eigenvalue weighted by Crippen LogP contribution is 2.43. The maximum absolute atomic E-state index is 2.67. The normalized spacial score (nSPS) is 14.1. The molecule has 0 saturated heterocycles. The van der Waals surface area contributed by atoms with Gasteiger partial charge in [-0.05, 0) is 40.1 Å². The minimum atomic E-state index is -0.00109. The largest absolute Gasteiger partial charge is 0.379 e. The van der Waals surface area contributed by atoms with Crippen molar-refractivity contribution in [2.24, 2.45) is 5.41 Å². The van der Waals surface area contributed by atoms with E-state index in [0.29, 0.717) is 11.8 Å². The average Bonchev–Trinajstić information content (AvgIpc) is 2.77. The van der Waals surface area contributed by atoms with Crippen molar-refractivity contribution in [2.75, 3.05) is 4.81 Å². The molecule has 2 heteroatoms. The molecule has 3 aromatic carbocycles. The van der Waals surface area contributed by atoms with Crippen LogP contribution in [0.4, 0.5) is 5.69 Å². The van der Waals surface area contributed by atoms with Gasteiger partial charge in [0.2, 0.25) is 0 Å². The third kappa shape index (κ3) is 4.04. The van der Waals surface area contributed by atoms with E-state index in [1.54, 1.807) is 0 Å². The first-order valence-corrected chi connectivity index (χ1v) is 12.0. The van der Waals surface area contributed by atoms with Crippen LogP contribution >= 0.6 is 0 Å². The van der Waals surface area contributed by atoms with Gasteiger partial charge < -0.3 is 4.81 Å². The molecule has 1 heterocycles. The van der Waals surface area contributed by atoms with Crippen molar-refractivity contribution >= 4 is 29.5 Å². The molecular formula is C30H36BN. The van der Waals surface area contributed by atoms with Gasteiger partial charge in [-0.2, -0.15) is 0 Å². The first-order valence-electron chi connectivity index (χ1n) is 12.0. The van der Waals surface area contributed by atoms with Crippen LogP contribution in [0.25, 0.3) is 6.08 Å². The van der Waals surface area contributed by atoms with Gasteiger partial charge in [0, 0.05) is 16.8 Å². The van der Waals surface area contributed by atoms with Gasteiger partial charge in [-0.25, -0.2) is 0 Å². The molecule has 0 saturated carbocycles. The maximum atomic E-state index is 2.67. The Morgan fingerprint density at radius 1 is 0.688 bits per heavy atom. The highest BCUT2D eigenvalue weighted by molar-refractivity contribution is 6.89. The summed E-state index contributed by atoms with van der Waals surface area (Å²) in [4.78, 5) is 2.67. The monoisotopic (exact) mass is 421 g/mol. The summed E-state index contributed by atoms with van der Waals surface area (Å²) in [5, 5.41) is 0. The topological polar surface area (TPSA) is 3.24 Å². The van der Waals surface area contributed by atoms with Crippen molar-refractivity contribution in [3.8, 4) is 0 Å². The summed E-state index contributed by atoms with van der Waals surface area (Å²) in [6.07, 6.45) is 2.43. The Hall–Kier alpha value is -2.74. The lowest BCUT2D eigenvalue weighted by Gasteiger charge is -2.45. The van der Waals surface area contributed by atoms with Gasteiger partial charge in [-0.1, -0.05) is 127 Å². The first kappa shape index (κ1) is 22.5. The van der Waals surface area contributed by atoms with E-state index < -0.39 is 0 Å². The number of rotatable bonds is 4. The van der Waals surface area contributed by atoms with Crippen molar-refractivity contribution in [1.82, 2.24) is 0 Å². The fourth-order valence-electron chi connectivity index (χ4n) is 4.97. The Balaban J connectivity index is 2.11. The van der Waals surface area contributed by atoms with Gasteiger partial charge >= 0.3 is 6.85 Å². The molecule has 3 aromatic rings. The fourth-order valence-corrected chi connectivity index (χ4v) is 4.97. The Labute approximate surface area is 195 Å². The van der Waals surface area contributed by atoms with Crippen LogP contribution in [0.3, 0.4) is 0 Å². The maximum Gasteiger partial charge on any atom is 0.328 e. The molecule has 0 bridgehead atoms. The quantitative estimate of drug-likeness (QED) is 0.412. The molecule has 32 heavy (non-hydrogen) atoms. The number of hydrogen-bond donors (Lipinski definition) is 0. The standard InChI is InChI=1S/C30H36BN/c1-21(2)25-17-13-18-26(22(3)4)29(25)32-28(30(5,6)7)20-23-14-11-12-19-27(23)31(32)24-15-9-8-10-16-24/h8-22H,1-7H3. The average molecular weight is 421 g/mol. The molecule has 1 aliphatic heterocycles. The second kappa shape index (κ2) is 8.66. The Morgan fingerprint density at radius 3 is 1.81 bits per heavy atom. The second-order valence-corrected chi connectivity index (χ2v) is 10.7. The molecule has 0 unspecified atom stereocenters. The molecule has 0 radical (unpaired) electrons. The number of para-hydroxylation sites is 1. The lowest BCUT2D eigenvalue weighted by Crippen LogP contribution is -2.60. The highest BCUT2D eigenvalue weighted by Gasteiger charge is 2.40. The van der Waals surface area contributed by atoms with E-state index in [-0.39, 0.29) is 12.3 Å². The summed E-state index contributed by atoms with van der Waals surface area (Å²) in [6, 6.07) is 26.8. The van der Waals surface area contributed by atoms with Crippen molar-refractivity contribution in [1.29, 1.82) is 0 Å². The minimum Gasteiger partial charge on any atom is -0.379 e. The number of hydrogen-bond acceptors (Lipinski definition) is 1. The van der Waals surface area contributed by atoms with Gasteiger partial charge in [0.05, 0.1) is 0 Å². The Morgan fingerprint density at radius 2 is 1.25 bits per heavy atom. The zero-order valence-electron chi connectivity index (χ0n) is 20.7. The van der Waals surface area contributed by atoms with Crippen molar-refractivity contribution in [3.63, 3.8) is 0 Å². The third-order valence-electron chi connectivity index (χ3n) is 6.57. The highest BCUT2D eigenvalue weighted by atomic mass is 15.1. The van der Waals surface area contributed by atoms with E-state index in [0.717, 1.165) is 0 Å². The van der Waals surface area contributed by atoms with Crippen molar-refractivity contribution in [3.05, 3.63) is 95.2 Å². The van der Waals surface area contributed by atoms with Crippen LogP contribution < -0.4 is 15.7 Å². The molecule has 1 aliphatic rings. The molecule has 0 aliphatic carbocycles. The zero-order chi connectivity index (χ0) is 23.0. The SMILES string of the molecule is CC(C)c1cccc(C(C)C)c1N1B(c2ccccc2)c2ccccc2C=C1C(C)(C)C. The Bertz CT molecular complexity index is 1090. The van der Waals surface area contributed by atoms with E-state index in [1.807, 2.05) is 0 Å². The number of benzene rings is 3. The van der Waals surface area contributed by atoms with Gasteiger partial charge in [-0.15, -0.1) is 0 Å². The van der Waals surface area contributed by atoms with E-state index in [9.17, 15) is 0 Å². The molecule has 1 nitrogen and oxygen atoms in total. The summed E-state index contributed by atoms with van der Waals surface area (Å²) >= 11 is 0. The lowest BCUT2D eigenvalue weighted by molar-refractivity contribution is 0.501. The summed E-state index contributed by atoms with van der Waals surface area (Å²) < 4.78 is 0.